The molecule has 0 nitrogen and oxygen atoms in total. The average molecular weight is 147 g/mol. The van der Waals surface area contributed by atoms with Crippen LogP contribution in [0.3, 0.4) is 0 Å². The van der Waals surface area contributed by atoms with Crippen LogP contribution in [0.2, 0.25) is 0 Å². The van der Waals surface area contributed by atoms with E-state index in [1.807, 2.05) is 0 Å². The molecule has 0 bridgehead atoms. The molecule has 0 heterocycles. The minimum Gasteiger partial charge on any atom is -0.123 e. The number of halogens is 1. The molecular formula is C8H15Cl. The van der Waals surface area contributed by atoms with Gasteiger partial charge in [0.05, 0.1) is 0 Å². The van der Waals surface area contributed by atoms with E-state index >= 15 is 0 Å². The Labute approximate surface area is 62.6 Å². The van der Waals surface area contributed by atoms with Crippen molar-refractivity contribution in [2.75, 3.05) is 0 Å². The van der Waals surface area contributed by atoms with Crippen LogP contribution in [0.4, 0.5) is 0 Å². The van der Waals surface area contributed by atoms with Gasteiger partial charge in [-0.3, -0.25) is 0 Å². The zero-order chi connectivity index (χ0) is 6.85. The maximum atomic E-state index is 5.84. The molecule has 1 saturated carbocycles. The molecule has 0 saturated heterocycles. The summed E-state index contributed by atoms with van der Waals surface area (Å²) in [7, 11) is 0. The van der Waals surface area contributed by atoms with Crippen molar-refractivity contribution < 1.29 is 0 Å². The van der Waals surface area contributed by atoms with Crippen LogP contribution in [0.15, 0.2) is 0 Å². The lowest BCUT2D eigenvalue weighted by Gasteiger charge is -2.09. The number of alkyl halides is 1. The Kier molecular flexibility index (Phi) is 2.40. The van der Waals surface area contributed by atoms with E-state index in [2.05, 4.69) is 13.8 Å². The molecule has 0 amide bonds. The molecular weight excluding hydrogens is 132 g/mol. The van der Waals surface area contributed by atoms with E-state index in [-0.39, 0.29) is 0 Å². The summed E-state index contributed by atoms with van der Waals surface area (Å²) in [6, 6.07) is 0. The molecule has 0 aromatic carbocycles. The molecule has 1 fully saturated rings. The highest BCUT2D eigenvalue weighted by molar-refractivity contribution is 6.20. The van der Waals surface area contributed by atoms with Gasteiger partial charge >= 0.3 is 0 Å². The second kappa shape index (κ2) is 2.92. The Balaban J connectivity index is 2.10. The van der Waals surface area contributed by atoms with Gasteiger partial charge in [-0.05, 0) is 38.0 Å². The quantitative estimate of drug-likeness (QED) is 0.537. The van der Waals surface area contributed by atoms with E-state index in [1.54, 1.807) is 0 Å². The molecule has 1 aliphatic rings. The van der Waals surface area contributed by atoms with Crippen molar-refractivity contribution >= 4 is 11.6 Å². The van der Waals surface area contributed by atoms with Crippen molar-refractivity contribution in [3.63, 3.8) is 0 Å². The van der Waals surface area contributed by atoms with Gasteiger partial charge in [0.1, 0.15) is 0 Å². The van der Waals surface area contributed by atoms with Gasteiger partial charge in [0, 0.05) is 5.38 Å². The Morgan fingerprint density at radius 2 is 2.00 bits per heavy atom. The van der Waals surface area contributed by atoms with Crippen LogP contribution < -0.4 is 0 Å². The first-order chi connectivity index (χ1) is 4.20. The average Bonchev–Trinajstić information content (AvgIpc) is 2.40. The highest BCUT2D eigenvalue weighted by Gasteiger charge is 2.28. The number of hydrogen-bond donors (Lipinski definition) is 0. The molecule has 0 radical (unpaired) electrons. The third-order valence-electron chi connectivity index (χ3n) is 2.12. The molecule has 0 spiro atoms. The van der Waals surface area contributed by atoms with Gasteiger partial charge in [-0.25, -0.2) is 0 Å². The standard InChI is InChI=1S/C8H15Cl/c1-6(5-7(2)9)8-3-4-8/h6-8H,3-5H2,1-2H3. The monoisotopic (exact) mass is 146 g/mol. The molecule has 54 valence electrons. The Morgan fingerprint density at radius 1 is 1.44 bits per heavy atom. The zero-order valence-corrected chi connectivity index (χ0v) is 6.99. The van der Waals surface area contributed by atoms with E-state index in [1.165, 1.54) is 19.3 Å². The maximum absolute atomic E-state index is 5.84. The van der Waals surface area contributed by atoms with Crippen molar-refractivity contribution in [2.45, 2.75) is 38.5 Å². The number of hydrogen-bond acceptors (Lipinski definition) is 0. The molecule has 0 aromatic heterocycles. The molecule has 2 atom stereocenters. The molecule has 1 aliphatic carbocycles. The fourth-order valence-electron chi connectivity index (χ4n) is 1.37. The molecule has 1 rings (SSSR count). The maximum Gasteiger partial charge on any atom is 0.0310 e. The summed E-state index contributed by atoms with van der Waals surface area (Å²) in [5.74, 6) is 1.89. The van der Waals surface area contributed by atoms with E-state index in [4.69, 9.17) is 11.6 Å². The van der Waals surface area contributed by atoms with Gasteiger partial charge in [-0.15, -0.1) is 11.6 Å². The smallest absolute Gasteiger partial charge is 0.0310 e. The molecule has 0 aliphatic heterocycles. The molecule has 9 heavy (non-hydrogen) atoms. The van der Waals surface area contributed by atoms with Crippen LogP contribution in [0.5, 0.6) is 0 Å². The first kappa shape index (κ1) is 7.40. The fraction of sp³-hybridized carbons (Fsp3) is 1.00. The van der Waals surface area contributed by atoms with Gasteiger partial charge in [0.25, 0.3) is 0 Å². The Morgan fingerprint density at radius 3 is 2.33 bits per heavy atom. The van der Waals surface area contributed by atoms with Crippen molar-refractivity contribution in [3.05, 3.63) is 0 Å². The predicted octanol–water partition coefficient (Wildman–Crippen LogP) is 3.05. The largest absolute Gasteiger partial charge is 0.123 e. The second-order valence-electron chi connectivity index (χ2n) is 3.33. The molecule has 1 heteroatoms. The summed E-state index contributed by atoms with van der Waals surface area (Å²) in [6.45, 7) is 4.40. The summed E-state index contributed by atoms with van der Waals surface area (Å²) in [5, 5.41) is 0.376. The van der Waals surface area contributed by atoms with Crippen LogP contribution in [0.1, 0.15) is 33.1 Å². The SMILES string of the molecule is CC(Cl)CC(C)C1CC1. The van der Waals surface area contributed by atoms with Crippen molar-refractivity contribution in [1.82, 2.24) is 0 Å². The highest BCUT2D eigenvalue weighted by atomic mass is 35.5. The molecule has 2 unspecified atom stereocenters. The Bertz CT molecular complexity index is 84.6. The molecule has 0 aromatic rings. The molecule has 0 N–H and O–H groups in total. The summed E-state index contributed by atoms with van der Waals surface area (Å²) < 4.78 is 0. The van der Waals surface area contributed by atoms with Crippen LogP contribution in [0.25, 0.3) is 0 Å². The summed E-state index contributed by atoms with van der Waals surface area (Å²) in [5.41, 5.74) is 0. The van der Waals surface area contributed by atoms with E-state index in [0.29, 0.717) is 5.38 Å². The van der Waals surface area contributed by atoms with Crippen molar-refractivity contribution in [1.29, 1.82) is 0 Å². The Hall–Kier alpha value is 0.290. The lowest BCUT2D eigenvalue weighted by molar-refractivity contribution is 0.468. The summed E-state index contributed by atoms with van der Waals surface area (Å²) >= 11 is 5.84. The van der Waals surface area contributed by atoms with Gasteiger partial charge in [-0.2, -0.15) is 0 Å². The fourth-order valence-corrected chi connectivity index (χ4v) is 1.65. The van der Waals surface area contributed by atoms with Crippen LogP contribution >= 0.6 is 11.6 Å². The normalized spacial score (nSPS) is 25.7. The van der Waals surface area contributed by atoms with Crippen molar-refractivity contribution in [2.24, 2.45) is 11.8 Å². The van der Waals surface area contributed by atoms with Crippen molar-refractivity contribution in [3.8, 4) is 0 Å². The van der Waals surface area contributed by atoms with Gasteiger partial charge in [-0.1, -0.05) is 6.92 Å². The third kappa shape index (κ3) is 2.57. The van der Waals surface area contributed by atoms with E-state index in [0.717, 1.165) is 11.8 Å². The summed E-state index contributed by atoms with van der Waals surface area (Å²) in [6.07, 6.45) is 4.10. The van der Waals surface area contributed by atoms with E-state index in [9.17, 15) is 0 Å². The van der Waals surface area contributed by atoms with Gasteiger partial charge in [0.2, 0.25) is 0 Å². The van der Waals surface area contributed by atoms with Gasteiger partial charge < -0.3 is 0 Å². The van der Waals surface area contributed by atoms with Crippen LogP contribution in [-0.4, -0.2) is 5.38 Å². The predicted molar refractivity (Wildman–Crippen MR) is 41.8 cm³/mol. The first-order valence-electron chi connectivity index (χ1n) is 3.84. The van der Waals surface area contributed by atoms with Crippen LogP contribution in [0, 0.1) is 11.8 Å². The lowest BCUT2D eigenvalue weighted by atomic mass is 10.0. The minimum atomic E-state index is 0.376. The van der Waals surface area contributed by atoms with E-state index < -0.39 is 0 Å². The number of rotatable bonds is 3. The second-order valence-corrected chi connectivity index (χ2v) is 4.08. The first-order valence-corrected chi connectivity index (χ1v) is 4.28. The summed E-state index contributed by atoms with van der Waals surface area (Å²) in [4.78, 5) is 0. The topological polar surface area (TPSA) is 0 Å². The highest BCUT2D eigenvalue weighted by Crippen LogP contribution is 2.39. The van der Waals surface area contributed by atoms with Crippen LogP contribution in [-0.2, 0) is 0 Å². The third-order valence-corrected chi connectivity index (χ3v) is 2.30. The lowest BCUT2D eigenvalue weighted by Crippen LogP contribution is -2.03. The zero-order valence-electron chi connectivity index (χ0n) is 6.23. The van der Waals surface area contributed by atoms with Gasteiger partial charge in [0.15, 0.2) is 0 Å². The minimum absolute atomic E-state index is 0.376.